The van der Waals surface area contributed by atoms with Crippen molar-refractivity contribution in [1.29, 1.82) is 0 Å². The number of carbonyl (C=O) groups is 2. The molecule has 3 rings (SSSR count). The average molecular weight is 304 g/mol. The first-order chi connectivity index (χ1) is 10.7. The third kappa shape index (κ3) is 3.48. The van der Waals surface area contributed by atoms with E-state index in [1.165, 1.54) is 19.2 Å². The van der Waals surface area contributed by atoms with Gasteiger partial charge in [-0.2, -0.15) is 0 Å². The summed E-state index contributed by atoms with van der Waals surface area (Å²) in [5.74, 6) is 0.970. The number of likely N-dealkylation sites (tertiary alicyclic amines) is 1. The summed E-state index contributed by atoms with van der Waals surface area (Å²) in [6.45, 7) is 2.26. The Morgan fingerprint density at radius 3 is 2.59 bits per heavy atom. The lowest BCUT2D eigenvalue weighted by Crippen LogP contribution is -2.42. The average Bonchev–Trinajstić information content (AvgIpc) is 3.25. The maximum Gasteiger partial charge on any atom is 0.271 e. The van der Waals surface area contributed by atoms with Gasteiger partial charge in [-0.05, 0) is 31.6 Å². The van der Waals surface area contributed by atoms with Crippen molar-refractivity contribution in [2.75, 3.05) is 19.6 Å². The highest BCUT2D eigenvalue weighted by Gasteiger charge is 2.26. The normalized spacial score (nSPS) is 20.3. The zero-order chi connectivity index (χ0) is 15.4. The largest absolute Gasteiger partial charge is 0.356 e. The van der Waals surface area contributed by atoms with Crippen LogP contribution in [-0.2, 0) is 4.79 Å². The smallest absolute Gasteiger partial charge is 0.271 e. The Balaban J connectivity index is 1.40. The molecule has 22 heavy (non-hydrogen) atoms. The summed E-state index contributed by atoms with van der Waals surface area (Å²) in [6.07, 6.45) is 9.45. The maximum absolute atomic E-state index is 12.2. The number of carbonyl (C=O) groups excluding carboxylic acids is 2. The zero-order valence-corrected chi connectivity index (χ0v) is 12.9. The van der Waals surface area contributed by atoms with Gasteiger partial charge >= 0.3 is 0 Å². The highest BCUT2D eigenvalue weighted by Crippen LogP contribution is 2.25. The third-order valence-electron chi connectivity index (χ3n) is 4.92. The summed E-state index contributed by atoms with van der Waals surface area (Å²) in [6, 6.07) is 0. The Labute approximate surface area is 130 Å². The minimum atomic E-state index is 0.0194. The molecule has 1 aromatic heterocycles. The van der Waals surface area contributed by atoms with Gasteiger partial charge in [-0.3, -0.25) is 9.59 Å². The van der Waals surface area contributed by atoms with Gasteiger partial charge in [0.15, 0.2) is 0 Å². The van der Waals surface area contributed by atoms with E-state index in [2.05, 4.69) is 15.3 Å². The van der Waals surface area contributed by atoms with Crippen LogP contribution >= 0.6 is 0 Å². The Bertz CT molecular complexity index is 500. The van der Waals surface area contributed by atoms with Crippen molar-refractivity contribution < 1.29 is 9.59 Å². The van der Waals surface area contributed by atoms with Crippen molar-refractivity contribution in [3.05, 3.63) is 18.2 Å². The lowest BCUT2D eigenvalue weighted by molar-refractivity contribution is -0.125. The molecule has 1 saturated carbocycles. The van der Waals surface area contributed by atoms with Crippen molar-refractivity contribution in [2.24, 2.45) is 11.8 Å². The van der Waals surface area contributed by atoms with Gasteiger partial charge in [0.05, 0.1) is 12.5 Å². The first kappa shape index (κ1) is 15.1. The first-order valence-corrected chi connectivity index (χ1v) is 8.29. The summed E-state index contributed by atoms with van der Waals surface area (Å²) < 4.78 is 0. The van der Waals surface area contributed by atoms with Gasteiger partial charge in [0, 0.05) is 25.6 Å². The fraction of sp³-hybridized carbons (Fsp3) is 0.688. The molecule has 0 atom stereocenters. The third-order valence-corrected chi connectivity index (χ3v) is 4.92. The molecular weight excluding hydrogens is 280 g/mol. The topological polar surface area (TPSA) is 78.1 Å². The predicted octanol–water partition coefficient (Wildman–Crippen LogP) is 1.57. The molecule has 0 bridgehead atoms. The number of H-pyrrole nitrogens is 1. The molecule has 1 saturated heterocycles. The summed E-state index contributed by atoms with van der Waals surface area (Å²) in [7, 11) is 0. The number of piperidine rings is 1. The monoisotopic (exact) mass is 304 g/mol. The number of hydrogen-bond acceptors (Lipinski definition) is 3. The van der Waals surface area contributed by atoms with Crippen LogP contribution in [0.3, 0.4) is 0 Å². The van der Waals surface area contributed by atoms with Crippen LogP contribution in [0, 0.1) is 11.8 Å². The SMILES string of the molecule is O=C(NCC1CCN(C(=O)c2cnc[nH]2)CC1)C1CCCC1. The van der Waals surface area contributed by atoms with Crippen LogP contribution in [0.25, 0.3) is 0 Å². The standard InChI is InChI=1S/C16H24N4O2/c21-15(13-3-1-2-4-13)18-9-12-5-7-20(8-6-12)16(22)14-10-17-11-19-14/h10-13H,1-9H2,(H,17,19)(H,18,21). The highest BCUT2D eigenvalue weighted by atomic mass is 16.2. The fourth-order valence-electron chi connectivity index (χ4n) is 3.46. The van der Waals surface area contributed by atoms with Crippen molar-refractivity contribution >= 4 is 11.8 Å². The minimum Gasteiger partial charge on any atom is -0.356 e. The lowest BCUT2D eigenvalue weighted by Gasteiger charge is -2.32. The number of hydrogen-bond donors (Lipinski definition) is 2. The molecule has 0 unspecified atom stereocenters. The number of nitrogens with zero attached hydrogens (tertiary/aromatic N) is 2. The van der Waals surface area contributed by atoms with E-state index in [1.807, 2.05) is 4.90 Å². The van der Waals surface area contributed by atoms with Crippen molar-refractivity contribution in [3.8, 4) is 0 Å². The Kier molecular flexibility index (Phi) is 4.75. The fourth-order valence-corrected chi connectivity index (χ4v) is 3.46. The molecule has 120 valence electrons. The zero-order valence-electron chi connectivity index (χ0n) is 12.9. The lowest BCUT2D eigenvalue weighted by atomic mass is 9.96. The van der Waals surface area contributed by atoms with Gasteiger partial charge < -0.3 is 15.2 Å². The number of nitrogens with one attached hydrogen (secondary N) is 2. The Hall–Kier alpha value is -1.85. The minimum absolute atomic E-state index is 0.0194. The second-order valence-corrected chi connectivity index (χ2v) is 6.43. The molecule has 1 aliphatic carbocycles. The van der Waals surface area contributed by atoms with Gasteiger partial charge in [-0.15, -0.1) is 0 Å². The van der Waals surface area contributed by atoms with Crippen LogP contribution in [0.2, 0.25) is 0 Å². The van der Waals surface area contributed by atoms with Crippen LogP contribution in [0.4, 0.5) is 0 Å². The summed E-state index contributed by atoms with van der Waals surface area (Å²) in [5, 5.41) is 3.11. The molecule has 0 radical (unpaired) electrons. The van der Waals surface area contributed by atoms with Crippen LogP contribution in [-0.4, -0.2) is 46.3 Å². The van der Waals surface area contributed by atoms with E-state index in [0.29, 0.717) is 11.6 Å². The van der Waals surface area contributed by atoms with Gasteiger partial charge in [-0.1, -0.05) is 12.8 Å². The number of amides is 2. The van der Waals surface area contributed by atoms with Gasteiger partial charge in [0.25, 0.3) is 5.91 Å². The van der Waals surface area contributed by atoms with Crippen molar-refractivity contribution in [2.45, 2.75) is 38.5 Å². The van der Waals surface area contributed by atoms with Gasteiger partial charge in [0.1, 0.15) is 5.69 Å². The van der Waals surface area contributed by atoms with Crippen LogP contribution in [0.15, 0.2) is 12.5 Å². The molecular formula is C16H24N4O2. The molecule has 1 aliphatic heterocycles. The summed E-state index contributed by atoms with van der Waals surface area (Å²) in [4.78, 5) is 32.8. The summed E-state index contributed by atoms with van der Waals surface area (Å²) in [5.41, 5.74) is 0.549. The number of aromatic nitrogens is 2. The molecule has 1 aromatic rings. The van der Waals surface area contributed by atoms with E-state index >= 15 is 0 Å². The molecule has 2 amide bonds. The van der Waals surface area contributed by atoms with E-state index in [0.717, 1.165) is 45.3 Å². The van der Waals surface area contributed by atoms with E-state index < -0.39 is 0 Å². The molecule has 0 spiro atoms. The highest BCUT2D eigenvalue weighted by molar-refractivity contribution is 5.92. The number of imidazole rings is 1. The van der Waals surface area contributed by atoms with Crippen molar-refractivity contribution in [3.63, 3.8) is 0 Å². The van der Waals surface area contributed by atoms with Crippen LogP contribution in [0.5, 0.6) is 0 Å². The molecule has 2 heterocycles. The number of aromatic amines is 1. The van der Waals surface area contributed by atoms with Crippen molar-refractivity contribution in [1.82, 2.24) is 20.2 Å². The molecule has 2 fully saturated rings. The Morgan fingerprint density at radius 2 is 1.95 bits per heavy atom. The number of rotatable bonds is 4. The molecule has 0 aromatic carbocycles. The molecule has 6 nitrogen and oxygen atoms in total. The molecule has 2 N–H and O–H groups in total. The second-order valence-electron chi connectivity index (χ2n) is 6.43. The first-order valence-electron chi connectivity index (χ1n) is 8.29. The predicted molar refractivity (Wildman–Crippen MR) is 82.2 cm³/mol. The summed E-state index contributed by atoms with van der Waals surface area (Å²) >= 11 is 0. The second kappa shape index (κ2) is 6.94. The van der Waals surface area contributed by atoms with E-state index in [1.54, 1.807) is 6.20 Å². The molecule has 2 aliphatic rings. The van der Waals surface area contributed by atoms with Gasteiger partial charge in [-0.25, -0.2) is 4.98 Å². The quantitative estimate of drug-likeness (QED) is 0.886. The van der Waals surface area contributed by atoms with Crippen LogP contribution < -0.4 is 5.32 Å². The maximum atomic E-state index is 12.2. The van der Waals surface area contributed by atoms with E-state index in [9.17, 15) is 9.59 Å². The van der Waals surface area contributed by atoms with E-state index in [-0.39, 0.29) is 17.7 Å². The van der Waals surface area contributed by atoms with Gasteiger partial charge in [0.2, 0.25) is 5.91 Å². The Morgan fingerprint density at radius 1 is 1.23 bits per heavy atom. The molecule has 6 heteroatoms. The van der Waals surface area contributed by atoms with E-state index in [4.69, 9.17) is 0 Å². The van der Waals surface area contributed by atoms with Crippen LogP contribution in [0.1, 0.15) is 49.0 Å².